The summed E-state index contributed by atoms with van der Waals surface area (Å²) in [6, 6.07) is 42.3. The van der Waals surface area contributed by atoms with E-state index in [2.05, 4.69) is 104 Å². The molecule has 2 heterocycles. The van der Waals surface area contributed by atoms with E-state index in [4.69, 9.17) is 0 Å². The Morgan fingerprint density at radius 2 is 1.35 bits per heavy atom. The molecule has 1 aliphatic heterocycles. The average molecular weight is 674 g/mol. The number of pyridine rings is 1. The molecule has 0 aliphatic carbocycles. The minimum Gasteiger partial charge on any atom is -0.346 e. The molecule has 5 aromatic rings. The third-order valence-electron chi connectivity index (χ3n) is 9.46. The van der Waals surface area contributed by atoms with Crippen LogP contribution in [0, 0.1) is 0 Å². The molecule has 250 valence electrons. The molecule has 0 radical (unpaired) electrons. The van der Waals surface area contributed by atoms with Gasteiger partial charge in [-0.25, -0.2) is 9.71 Å². The molecule has 1 aromatic heterocycles. The van der Waals surface area contributed by atoms with Crippen molar-refractivity contribution in [2.24, 2.45) is 0 Å². The molecule has 10 heteroatoms. The number of rotatable bonds is 12. The van der Waals surface area contributed by atoms with E-state index in [0.29, 0.717) is 19.5 Å². The summed E-state index contributed by atoms with van der Waals surface area (Å²) in [5.74, 6) is -0.337. The first-order valence-electron chi connectivity index (χ1n) is 16.0. The van der Waals surface area contributed by atoms with Gasteiger partial charge < -0.3 is 4.90 Å². The first-order valence-corrected chi connectivity index (χ1v) is 17.5. The molecule has 9 nitrogen and oxygen atoms in total. The maximum atomic E-state index is 13.3. The molecular formula is C39H39N5O4S. The van der Waals surface area contributed by atoms with Gasteiger partial charge in [0.05, 0.1) is 12.1 Å². The second-order valence-electron chi connectivity index (χ2n) is 12.6. The number of aldehydes is 1. The van der Waals surface area contributed by atoms with Crippen LogP contribution < -0.4 is 14.3 Å². The Morgan fingerprint density at radius 1 is 0.837 bits per heavy atom. The van der Waals surface area contributed by atoms with Crippen molar-refractivity contribution in [3.8, 4) is 0 Å². The molecule has 1 saturated heterocycles. The highest BCUT2D eigenvalue weighted by atomic mass is 32.2. The van der Waals surface area contributed by atoms with Gasteiger partial charge in [-0.15, -0.1) is 0 Å². The molecule has 1 unspecified atom stereocenters. The monoisotopic (exact) mass is 673 g/mol. The van der Waals surface area contributed by atoms with Crippen molar-refractivity contribution >= 4 is 33.8 Å². The maximum Gasteiger partial charge on any atom is 0.300 e. The summed E-state index contributed by atoms with van der Waals surface area (Å²) in [4.78, 5) is 33.5. The van der Waals surface area contributed by atoms with E-state index in [1.807, 2.05) is 49.1 Å². The highest BCUT2D eigenvalue weighted by Gasteiger charge is 2.50. The van der Waals surface area contributed by atoms with Crippen molar-refractivity contribution in [3.05, 3.63) is 161 Å². The Morgan fingerprint density at radius 3 is 1.84 bits per heavy atom. The topological polar surface area (TPSA) is 112 Å². The summed E-state index contributed by atoms with van der Waals surface area (Å²) in [6.45, 7) is 4.65. The number of carbonyl (C=O) groups is 2. The number of benzene rings is 4. The molecule has 0 saturated carbocycles. The predicted octanol–water partition coefficient (Wildman–Crippen LogP) is 5.54. The third-order valence-corrected chi connectivity index (χ3v) is 10.5. The van der Waals surface area contributed by atoms with Gasteiger partial charge in [-0.1, -0.05) is 103 Å². The fourth-order valence-electron chi connectivity index (χ4n) is 7.06. The molecule has 6 rings (SSSR count). The second-order valence-corrected chi connectivity index (χ2v) is 14.3. The number of hydrogen-bond acceptors (Lipinski definition) is 7. The lowest BCUT2D eigenvalue weighted by molar-refractivity contribution is -0.131. The molecule has 4 aromatic carbocycles. The van der Waals surface area contributed by atoms with E-state index in [0.717, 1.165) is 33.5 Å². The largest absolute Gasteiger partial charge is 0.346 e. The van der Waals surface area contributed by atoms with Gasteiger partial charge in [-0.2, -0.15) is 8.42 Å². The zero-order chi connectivity index (χ0) is 34.6. The summed E-state index contributed by atoms with van der Waals surface area (Å²) in [7, 11) is -2.43. The lowest BCUT2D eigenvalue weighted by Gasteiger charge is -2.37. The van der Waals surface area contributed by atoms with Crippen LogP contribution in [0.1, 0.15) is 41.7 Å². The zero-order valence-electron chi connectivity index (χ0n) is 27.7. The molecule has 0 amide bonds. The molecule has 2 N–H and O–H groups in total. The van der Waals surface area contributed by atoms with E-state index in [-0.39, 0.29) is 5.82 Å². The first kappa shape index (κ1) is 33.7. The Hall–Kier alpha value is -5.16. The van der Waals surface area contributed by atoms with E-state index in [9.17, 15) is 18.0 Å². The van der Waals surface area contributed by atoms with E-state index < -0.39 is 33.0 Å². The molecule has 0 spiro atoms. The minimum absolute atomic E-state index is 0.176. The van der Waals surface area contributed by atoms with Crippen LogP contribution in [0.5, 0.6) is 0 Å². The van der Waals surface area contributed by atoms with Crippen LogP contribution in [-0.2, 0) is 31.8 Å². The van der Waals surface area contributed by atoms with Crippen molar-refractivity contribution < 1.29 is 18.0 Å². The van der Waals surface area contributed by atoms with Gasteiger partial charge in [0, 0.05) is 31.0 Å². The maximum absolute atomic E-state index is 13.3. The molecule has 1 aliphatic rings. The van der Waals surface area contributed by atoms with Crippen molar-refractivity contribution in [1.82, 2.24) is 14.6 Å². The Kier molecular flexibility index (Phi) is 9.47. The van der Waals surface area contributed by atoms with Crippen molar-refractivity contribution in [1.29, 1.82) is 0 Å². The van der Waals surface area contributed by atoms with Gasteiger partial charge in [-0.05, 0) is 65.9 Å². The number of anilines is 2. The van der Waals surface area contributed by atoms with Crippen molar-refractivity contribution in [2.75, 3.05) is 23.3 Å². The first-order chi connectivity index (χ1) is 23.6. The van der Waals surface area contributed by atoms with Crippen molar-refractivity contribution in [2.45, 2.75) is 37.4 Å². The van der Waals surface area contributed by atoms with E-state index in [1.54, 1.807) is 12.1 Å². The Balaban J connectivity index is 1.40. The molecule has 1 atom stereocenters. The Bertz CT molecular complexity index is 1930. The number of ketones is 1. The normalized spacial score (nSPS) is 16.3. The summed E-state index contributed by atoms with van der Waals surface area (Å²) in [5, 5.41) is 0. The number of carbonyl (C=O) groups excluding carboxylic acids is 2. The minimum atomic E-state index is -3.74. The smallest absolute Gasteiger partial charge is 0.300 e. The van der Waals surface area contributed by atoms with E-state index in [1.165, 1.54) is 13.2 Å². The van der Waals surface area contributed by atoms with Gasteiger partial charge >= 0.3 is 0 Å². The second kappa shape index (κ2) is 13.8. The lowest BCUT2D eigenvalue weighted by atomic mass is 9.65. The molecule has 1 fully saturated rings. The number of hydrogen-bond donors (Lipinski definition) is 2. The predicted molar refractivity (Wildman–Crippen MR) is 192 cm³/mol. The van der Waals surface area contributed by atoms with Gasteiger partial charge in [-0.3, -0.25) is 19.2 Å². The van der Waals surface area contributed by atoms with Crippen LogP contribution in [-0.4, -0.2) is 55.7 Å². The number of aromatic nitrogens is 1. The SMILES string of the molecule is CNS(=O)(=O)Nc1cc(CN2CN(c3ccc(C(c4ccccc4)(c4ccccc4)c4ccccc4)cc3)C(C(=O)C=O)C2(C)C)ccn1. The van der Waals surface area contributed by atoms with Crippen LogP contribution in [0.2, 0.25) is 0 Å². The van der Waals surface area contributed by atoms with Crippen LogP contribution in [0.25, 0.3) is 0 Å². The molecular weight excluding hydrogens is 635 g/mol. The quantitative estimate of drug-likeness (QED) is 0.102. The third kappa shape index (κ3) is 6.50. The van der Waals surface area contributed by atoms with Crippen LogP contribution in [0.4, 0.5) is 11.5 Å². The van der Waals surface area contributed by atoms with Gasteiger partial charge in [0.2, 0.25) is 5.78 Å². The summed E-state index contributed by atoms with van der Waals surface area (Å²) < 4.78 is 28.7. The molecule has 49 heavy (non-hydrogen) atoms. The number of Topliss-reactive ketones (excluding diaryl/α,β-unsaturated/α-hetero) is 1. The fraction of sp³-hybridized carbons (Fsp3) is 0.205. The van der Waals surface area contributed by atoms with Gasteiger partial charge in [0.1, 0.15) is 11.9 Å². The summed E-state index contributed by atoms with van der Waals surface area (Å²) in [5.41, 5.74) is 4.66. The highest BCUT2D eigenvalue weighted by molar-refractivity contribution is 7.90. The highest BCUT2D eigenvalue weighted by Crippen LogP contribution is 2.46. The van der Waals surface area contributed by atoms with Crippen molar-refractivity contribution in [3.63, 3.8) is 0 Å². The van der Waals surface area contributed by atoms with Crippen LogP contribution in [0.3, 0.4) is 0 Å². The fourth-order valence-corrected chi connectivity index (χ4v) is 7.55. The molecule has 0 bridgehead atoms. The average Bonchev–Trinajstić information content (AvgIpc) is 3.39. The standard InChI is InChI=1S/C39H39N5O4S/c1-38(2)37(35(46)27-45)44(28-43(38)26-29-23-24-41-36(25-29)42-49(47,48)40-3)34-21-19-33(20-22-34)39(30-13-7-4-8-14-30,31-15-9-5-10-16-31)32-17-11-6-12-18-32/h4-25,27,37,40H,26,28H2,1-3H3,(H,41,42). The van der Waals surface area contributed by atoms with Crippen LogP contribution in [0.15, 0.2) is 134 Å². The zero-order valence-corrected chi connectivity index (χ0v) is 28.5. The number of nitrogens with one attached hydrogen (secondary N) is 2. The van der Waals surface area contributed by atoms with Gasteiger partial charge in [0.15, 0.2) is 6.29 Å². The summed E-state index contributed by atoms with van der Waals surface area (Å²) in [6.07, 6.45) is 1.94. The number of nitrogens with zero attached hydrogens (tertiary/aromatic N) is 3. The Labute approximate surface area is 287 Å². The van der Waals surface area contributed by atoms with E-state index >= 15 is 0 Å². The van der Waals surface area contributed by atoms with Gasteiger partial charge in [0.25, 0.3) is 10.2 Å². The van der Waals surface area contributed by atoms with Crippen LogP contribution >= 0.6 is 0 Å². The lowest BCUT2D eigenvalue weighted by Crippen LogP contribution is -2.51. The summed E-state index contributed by atoms with van der Waals surface area (Å²) >= 11 is 0.